The highest BCUT2D eigenvalue weighted by molar-refractivity contribution is 7.82. The van der Waals surface area contributed by atoms with Crippen LogP contribution in [0, 0.1) is 0 Å². The van der Waals surface area contributed by atoms with Crippen LogP contribution in [0.2, 0.25) is 0 Å². The highest BCUT2D eigenvalue weighted by atomic mass is 32.1. The quantitative estimate of drug-likeness (QED) is 0.732. The number of hydrogen-bond donors (Lipinski definition) is 1. The molecule has 3 heteroatoms. The van der Waals surface area contributed by atoms with Gasteiger partial charge in [-0.25, -0.2) is 0 Å². The molecule has 0 spiro atoms. The Morgan fingerprint density at radius 2 is 1.57 bits per heavy atom. The second-order valence-electron chi connectivity index (χ2n) is 3.49. The third kappa shape index (κ3) is 2.16. The Hall–Kier alpha value is -0.800. The van der Waals surface area contributed by atoms with E-state index in [1.807, 2.05) is 6.07 Å². The van der Waals surface area contributed by atoms with Gasteiger partial charge in [-0.3, -0.25) is 0 Å². The summed E-state index contributed by atoms with van der Waals surface area (Å²) in [5, 5.41) is 3.04. The molecule has 0 bridgehead atoms. The van der Waals surface area contributed by atoms with Crippen LogP contribution < -0.4 is 5.32 Å². The van der Waals surface area contributed by atoms with Crippen LogP contribution in [0.3, 0.4) is 0 Å². The predicted molar refractivity (Wildman–Crippen MR) is 66.7 cm³/mol. The minimum absolute atomic E-state index is 0.470. The van der Waals surface area contributed by atoms with E-state index in [1.165, 1.54) is 5.56 Å². The molecule has 1 nitrogen and oxygen atoms in total. The number of piperidine rings is 1. The molecule has 1 aliphatic rings. The fourth-order valence-corrected chi connectivity index (χ4v) is 2.45. The number of hydrogen-bond acceptors (Lipinski definition) is 2. The molecule has 0 aromatic heterocycles. The van der Waals surface area contributed by atoms with Gasteiger partial charge in [-0.2, -0.15) is 0 Å². The molecule has 0 aliphatic carbocycles. The first-order valence-electron chi connectivity index (χ1n) is 4.63. The van der Waals surface area contributed by atoms with Gasteiger partial charge in [-0.05, 0) is 11.5 Å². The largest absolute Gasteiger partial charge is 0.345 e. The Morgan fingerprint density at radius 3 is 2.14 bits per heavy atom. The van der Waals surface area contributed by atoms with E-state index in [0.29, 0.717) is 5.92 Å². The summed E-state index contributed by atoms with van der Waals surface area (Å²) in [6.07, 6.45) is 1.83. The smallest absolute Gasteiger partial charge is 0.0807 e. The van der Waals surface area contributed by atoms with Crippen molar-refractivity contribution >= 4 is 34.4 Å². The van der Waals surface area contributed by atoms with Crippen molar-refractivity contribution in [2.45, 2.75) is 18.8 Å². The molecule has 0 saturated carbocycles. The van der Waals surface area contributed by atoms with Gasteiger partial charge in [0.2, 0.25) is 0 Å². The average molecular weight is 221 g/mol. The van der Waals surface area contributed by atoms with Crippen molar-refractivity contribution in [1.29, 1.82) is 0 Å². The molecular formula is C11H11NS2. The summed E-state index contributed by atoms with van der Waals surface area (Å²) < 4.78 is 0. The second kappa shape index (κ2) is 4.15. The fourth-order valence-electron chi connectivity index (χ4n) is 1.74. The van der Waals surface area contributed by atoms with Gasteiger partial charge < -0.3 is 5.32 Å². The van der Waals surface area contributed by atoms with E-state index in [9.17, 15) is 0 Å². The average Bonchev–Trinajstić information content (AvgIpc) is 2.18. The van der Waals surface area contributed by atoms with E-state index in [0.717, 1.165) is 22.8 Å². The molecule has 0 radical (unpaired) electrons. The lowest BCUT2D eigenvalue weighted by Gasteiger charge is -2.24. The van der Waals surface area contributed by atoms with Crippen LogP contribution in [-0.2, 0) is 0 Å². The lowest BCUT2D eigenvalue weighted by atomic mass is 9.90. The lowest BCUT2D eigenvalue weighted by molar-refractivity contribution is 0.726. The summed E-state index contributed by atoms with van der Waals surface area (Å²) in [6, 6.07) is 10.4. The maximum absolute atomic E-state index is 5.16. The SMILES string of the molecule is S=C1CC(c2ccccc2)CC(=S)N1. The van der Waals surface area contributed by atoms with Crippen LogP contribution in [0.1, 0.15) is 24.3 Å². The van der Waals surface area contributed by atoms with E-state index in [2.05, 4.69) is 29.6 Å². The van der Waals surface area contributed by atoms with E-state index in [-0.39, 0.29) is 0 Å². The maximum atomic E-state index is 5.16. The molecule has 1 aromatic rings. The molecule has 1 fully saturated rings. The summed E-state index contributed by atoms with van der Waals surface area (Å²) in [6.45, 7) is 0. The van der Waals surface area contributed by atoms with Crippen LogP contribution in [0.15, 0.2) is 30.3 Å². The molecule has 1 aliphatic heterocycles. The zero-order chi connectivity index (χ0) is 9.97. The summed E-state index contributed by atoms with van der Waals surface area (Å²) in [5.74, 6) is 0.470. The van der Waals surface area contributed by atoms with Gasteiger partial charge in [-0.15, -0.1) is 0 Å². The normalized spacial score (nSPS) is 18.0. The third-order valence-corrected chi connectivity index (χ3v) is 2.95. The molecule has 14 heavy (non-hydrogen) atoms. The highest BCUT2D eigenvalue weighted by Crippen LogP contribution is 2.26. The summed E-state index contributed by atoms with van der Waals surface area (Å²) in [4.78, 5) is 1.74. The summed E-state index contributed by atoms with van der Waals surface area (Å²) >= 11 is 10.3. The van der Waals surface area contributed by atoms with Crippen molar-refractivity contribution < 1.29 is 0 Å². The zero-order valence-electron chi connectivity index (χ0n) is 7.69. The molecule has 1 aromatic carbocycles. The monoisotopic (exact) mass is 221 g/mol. The Morgan fingerprint density at radius 1 is 1.00 bits per heavy atom. The van der Waals surface area contributed by atoms with Crippen LogP contribution in [0.25, 0.3) is 0 Å². The number of rotatable bonds is 1. The predicted octanol–water partition coefficient (Wildman–Crippen LogP) is 2.81. The maximum Gasteiger partial charge on any atom is 0.0807 e. The van der Waals surface area contributed by atoms with E-state index in [4.69, 9.17) is 24.4 Å². The molecule has 0 atom stereocenters. The third-order valence-electron chi connectivity index (χ3n) is 2.41. The lowest BCUT2D eigenvalue weighted by Crippen LogP contribution is -2.35. The van der Waals surface area contributed by atoms with Crippen molar-refractivity contribution in [3.63, 3.8) is 0 Å². The minimum atomic E-state index is 0.470. The van der Waals surface area contributed by atoms with E-state index < -0.39 is 0 Å². The van der Waals surface area contributed by atoms with Gasteiger partial charge in [-0.1, -0.05) is 54.8 Å². The van der Waals surface area contributed by atoms with Gasteiger partial charge >= 0.3 is 0 Å². The van der Waals surface area contributed by atoms with Crippen molar-refractivity contribution in [2.24, 2.45) is 0 Å². The molecular weight excluding hydrogens is 210 g/mol. The van der Waals surface area contributed by atoms with Gasteiger partial charge in [0.25, 0.3) is 0 Å². The number of thiocarbonyl (C=S) groups is 2. The van der Waals surface area contributed by atoms with Crippen molar-refractivity contribution in [3.8, 4) is 0 Å². The number of benzene rings is 1. The molecule has 0 amide bonds. The van der Waals surface area contributed by atoms with Crippen molar-refractivity contribution in [2.75, 3.05) is 0 Å². The Labute approximate surface area is 94.5 Å². The molecule has 72 valence electrons. The minimum Gasteiger partial charge on any atom is -0.345 e. The van der Waals surface area contributed by atoms with E-state index in [1.54, 1.807) is 0 Å². The van der Waals surface area contributed by atoms with Crippen LogP contribution in [0.4, 0.5) is 0 Å². The zero-order valence-corrected chi connectivity index (χ0v) is 9.33. The van der Waals surface area contributed by atoms with Crippen molar-refractivity contribution in [1.82, 2.24) is 5.32 Å². The van der Waals surface area contributed by atoms with Gasteiger partial charge in [0.1, 0.15) is 0 Å². The first-order chi connectivity index (χ1) is 6.75. The molecule has 1 N–H and O–H groups in total. The molecule has 1 heterocycles. The fraction of sp³-hybridized carbons (Fsp3) is 0.273. The Bertz CT molecular complexity index is 343. The first kappa shape index (κ1) is 9.74. The van der Waals surface area contributed by atoms with E-state index >= 15 is 0 Å². The Kier molecular flexibility index (Phi) is 2.89. The van der Waals surface area contributed by atoms with Gasteiger partial charge in [0.15, 0.2) is 0 Å². The molecule has 2 rings (SSSR count). The van der Waals surface area contributed by atoms with Crippen LogP contribution in [0.5, 0.6) is 0 Å². The van der Waals surface area contributed by atoms with Crippen molar-refractivity contribution in [3.05, 3.63) is 35.9 Å². The molecule has 0 unspecified atom stereocenters. The Balaban J connectivity index is 2.19. The van der Waals surface area contributed by atoms with Gasteiger partial charge in [0, 0.05) is 12.8 Å². The standard InChI is InChI=1S/C11H11NS2/c13-10-6-9(7-11(14)12-10)8-4-2-1-3-5-8/h1-5,9H,6-7H2,(H,12,13,14). The van der Waals surface area contributed by atoms with Gasteiger partial charge in [0.05, 0.1) is 9.98 Å². The van der Waals surface area contributed by atoms with Crippen LogP contribution in [-0.4, -0.2) is 9.98 Å². The summed E-state index contributed by atoms with van der Waals surface area (Å²) in [5.41, 5.74) is 1.33. The first-order valence-corrected chi connectivity index (χ1v) is 5.45. The number of nitrogens with one attached hydrogen (secondary N) is 1. The highest BCUT2D eigenvalue weighted by Gasteiger charge is 2.21. The molecule has 1 saturated heterocycles. The second-order valence-corrected chi connectivity index (χ2v) is 4.47. The topological polar surface area (TPSA) is 12.0 Å². The van der Waals surface area contributed by atoms with Crippen LogP contribution >= 0.6 is 24.4 Å². The summed E-state index contributed by atoms with van der Waals surface area (Å²) in [7, 11) is 0.